The van der Waals surface area contributed by atoms with Gasteiger partial charge in [-0.3, -0.25) is 4.79 Å². The van der Waals surface area contributed by atoms with Crippen LogP contribution in [0.2, 0.25) is 0 Å². The van der Waals surface area contributed by atoms with Gasteiger partial charge in [0.2, 0.25) is 15.9 Å². The quantitative estimate of drug-likeness (QED) is 0.204. The number of ether oxygens (including phenoxy) is 1. The summed E-state index contributed by atoms with van der Waals surface area (Å²) in [6, 6.07) is 27.5. The maximum atomic E-state index is 13.7. The number of aryl methyl sites for hydroxylation is 1. The molecule has 0 saturated carbocycles. The second-order valence-corrected chi connectivity index (χ2v) is 12.4. The number of aromatic nitrogens is 1. The van der Waals surface area contributed by atoms with Crippen LogP contribution in [0.1, 0.15) is 22.3 Å². The number of hydrogen-bond acceptors (Lipinski definition) is 8. The van der Waals surface area contributed by atoms with Gasteiger partial charge in [0.15, 0.2) is 0 Å². The predicted molar refractivity (Wildman–Crippen MR) is 173 cm³/mol. The van der Waals surface area contributed by atoms with Crippen LogP contribution < -0.4 is 20.4 Å². The van der Waals surface area contributed by atoms with E-state index in [4.69, 9.17) is 9.15 Å². The van der Waals surface area contributed by atoms with Crippen LogP contribution in [0.25, 0.3) is 10.9 Å². The number of fused-ring (bicyclic) bond motifs is 1. The number of amides is 1. The average Bonchev–Trinajstić information content (AvgIpc) is 3.05. The molecule has 1 atom stereocenters. The van der Waals surface area contributed by atoms with Crippen LogP contribution in [0.5, 0.6) is 5.75 Å². The molecule has 0 aliphatic heterocycles. The number of hydrogen-bond donors (Lipinski definition) is 2. The Hall–Kier alpha value is -5.00. The molecule has 1 aromatic heterocycles. The van der Waals surface area contributed by atoms with E-state index in [1.54, 1.807) is 56.3 Å². The number of benzene rings is 4. The summed E-state index contributed by atoms with van der Waals surface area (Å²) in [6.07, 6.45) is 0.297. The monoisotopic (exact) mass is 626 g/mol. The highest BCUT2D eigenvalue weighted by Gasteiger charge is 2.25. The highest BCUT2D eigenvalue weighted by Crippen LogP contribution is 2.22. The molecule has 0 unspecified atom stereocenters. The first-order chi connectivity index (χ1) is 21.6. The van der Waals surface area contributed by atoms with E-state index in [9.17, 15) is 18.0 Å². The molecule has 1 heterocycles. The minimum Gasteiger partial charge on any atom is -0.497 e. The predicted octanol–water partition coefficient (Wildman–Crippen LogP) is 4.67. The third-order valence-electron chi connectivity index (χ3n) is 7.51. The molecular formula is C34H34N4O6S. The molecule has 0 radical (unpaired) electrons. The van der Waals surface area contributed by atoms with Crippen molar-refractivity contribution >= 4 is 32.8 Å². The molecule has 0 aliphatic carbocycles. The summed E-state index contributed by atoms with van der Waals surface area (Å²) in [5.41, 5.74) is 2.70. The number of methoxy groups -OCH3 is 1. The van der Waals surface area contributed by atoms with E-state index in [1.807, 2.05) is 54.6 Å². The maximum absolute atomic E-state index is 13.7. The van der Waals surface area contributed by atoms with Gasteiger partial charge in [0, 0.05) is 26.6 Å². The number of nitrogens with one attached hydrogen (secondary N) is 2. The zero-order valence-electron chi connectivity index (χ0n) is 25.2. The summed E-state index contributed by atoms with van der Waals surface area (Å²) in [6.45, 7) is 2.09. The molecule has 4 aromatic carbocycles. The fraction of sp³-hybridized carbons (Fsp3) is 0.206. The largest absolute Gasteiger partial charge is 0.497 e. The summed E-state index contributed by atoms with van der Waals surface area (Å²) in [5.74, 6) is 0.483. The van der Waals surface area contributed by atoms with E-state index in [-0.39, 0.29) is 28.7 Å². The first-order valence-corrected chi connectivity index (χ1v) is 15.8. The molecule has 0 fully saturated rings. The molecule has 2 N–H and O–H groups in total. The van der Waals surface area contributed by atoms with E-state index in [2.05, 4.69) is 15.0 Å². The Kier molecular flexibility index (Phi) is 9.60. The van der Waals surface area contributed by atoms with Crippen molar-refractivity contribution in [2.45, 2.75) is 37.4 Å². The number of carbonyl (C=O) groups is 1. The van der Waals surface area contributed by atoms with Crippen molar-refractivity contribution in [3.63, 3.8) is 0 Å². The molecule has 0 spiro atoms. The Balaban J connectivity index is 1.40. The van der Waals surface area contributed by atoms with E-state index in [0.29, 0.717) is 35.4 Å². The zero-order valence-corrected chi connectivity index (χ0v) is 26.0. The molecule has 0 saturated heterocycles. The Morgan fingerprint density at radius 1 is 0.933 bits per heavy atom. The topological polar surface area (TPSA) is 131 Å². The number of nitrogens with zero attached hydrogens (tertiary/aromatic N) is 2. The van der Waals surface area contributed by atoms with Gasteiger partial charge in [-0.2, -0.15) is 4.98 Å². The molecule has 5 aromatic rings. The molecule has 0 aliphatic rings. The Labute approximate surface area is 261 Å². The SMILES string of the molecule is COc1ccc(C[C@H](Nc2nc3ccc(CNS(=O)(=O)c4ccccc4)c(C)c3c(=O)o2)C(=O)N(C)Cc2ccccc2)cc1. The van der Waals surface area contributed by atoms with E-state index < -0.39 is 21.7 Å². The number of anilines is 1. The van der Waals surface area contributed by atoms with Crippen molar-refractivity contribution in [1.82, 2.24) is 14.6 Å². The normalized spacial score (nSPS) is 12.1. The van der Waals surface area contributed by atoms with Crippen LogP contribution in [0.3, 0.4) is 0 Å². The number of likely N-dealkylation sites (N-methyl/N-ethyl adjacent to an activating group) is 1. The first-order valence-electron chi connectivity index (χ1n) is 14.3. The molecule has 232 valence electrons. The smallest absolute Gasteiger partial charge is 0.348 e. The highest BCUT2D eigenvalue weighted by molar-refractivity contribution is 7.89. The summed E-state index contributed by atoms with van der Waals surface area (Å²) in [5, 5.41) is 3.29. The average molecular weight is 627 g/mol. The lowest BCUT2D eigenvalue weighted by Gasteiger charge is -2.25. The van der Waals surface area contributed by atoms with Crippen LogP contribution >= 0.6 is 0 Å². The fourth-order valence-electron chi connectivity index (χ4n) is 5.02. The van der Waals surface area contributed by atoms with Crippen molar-refractivity contribution < 1.29 is 22.4 Å². The van der Waals surface area contributed by atoms with Crippen LogP contribution in [-0.2, 0) is 34.3 Å². The summed E-state index contributed by atoms with van der Waals surface area (Å²) < 4.78 is 38.9. The lowest BCUT2D eigenvalue weighted by atomic mass is 10.0. The lowest BCUT2D eigenvalue weighted by molar-refractivity contribution is -0.131. The van der Waals surface area contributed by atoms with Gasteiger partial charge in [-0.25, -0.2) is 17.9 Å². The summed E-state index contributed by atoms with van der Waals surface area (Å²) in [4.78, 5) is 33.3. The maximum Gasteiger partial charge on any atom is 0.348 e. The highest BCUT2D eigenvalue weighted by atomic mass is 32.2. The van der Waals surface area contributed by atoms with E-state index in [1.165, 1.54) is 12.1 Å². The van der Waals surface area contributed by atoms with Gasteiger partial charge in [0.1, 0.15) is 11.8 Å². The number of carbonyl (C=O) groups excluding carboxylic acids is 1. The van der Waals surface area contributed by atoms with Crippen molar-refractivity contribution in [2.24, 2.45) is 0 Å². The van der Waals surface area contributed by atoms with Gasteiger partial charge in [-0.1, -0.05) is 66.7 Å². The van der Waals surface area contributed by atoms with Gasteiger partial charge in [0.25, 0.3) is 6.01 Å². The van der Waals surface area contributed by atoms with Crippen molar-refractivity contribution in [3.05, 3.63) is 130 Å². The van der Waals surface area contributed by atoms with Crippen LogP contribution in [-0.4, -0.2) is 44.4 Å². The third kappa shape index (κ3) is 7.57. The van der Waals surface area contributed by atoms with Crippen molar-refractivity contribution in [3.8, 4) is 5.75 Å². The molecule has 0 bridgehead atoms. The Morgan fingerprint density at radius 2 is 1.60 bits per heavy atom. The minimum absolute atomic E-state index is 0.0232. The second-order valence-electron chi connectivity index (χ2n) is 10.6. The Morgan fingerprint density at radius 3 is 2.27 bits per heavy atom. The van der Waals surface area contributed by atoms with Gasteiger partial charge in [0.05, 0.1) is 22.9 Å². The number of sulfonamides is 1. The Bertz CT molecular complexity index is 1950. The lowest BCUT2D eigenvalue weighted by Crippen LogP contribution is -2.42. The second kappa shape index (κ2) is 13.7. The third-order valence-corrected chi connectivity index (χ3v) is 8.93. The van der Waals surface area contributed by atoms with E-state index >= 15 is 0 Å². The molecule has 45 heavy (non-hydrogen) atoms. The summed E-state index contributed by atoms with van der Waals surface area (Å²) in [7, 11) is -0.437. The van der Waals surface area contributed by atoms with E-state index in [0.717, 1.165) is 11.1 Å². The zero-order chi connectivity index (χ0) is 32.0. The molecule has 10 nitrogen and oxygen atoms in total. The fourth-order valence-corrected chi connectivity index (χ4v) is 6.05. The van der Waals surface area contributed by atoms with Gasteiger partial charge in [-0.05, 0) is 59.5 Å². The van der Waals surface area contributed by atoms with Gasteiger partial charge in [-0.15, -0.1) is 0 Å². The molecule has 5 rings (SSSR count). The van der Waals surface area contributed by atoms with Crippen LogP contribution in [0.15, 0.2) is 111 Å². The van der Waals surface area contributed by atoms with Gasteiger partial charge < -0.3 is 19.4 Å². The van der Waals surface area contributed by atoms with Crippen LogP contribution in [0.4, 0.5) is 6.01 Å². The minimum atomic E-state index is -3.74. The molecular weight excluding hydrogens is 592 g/mol. The summed E-state index contributed by atoms with van der Waals surface area (Å²) >= 11 is 0. The molecule has 11 heteroatoms. The molecule has 1 amide bonds. The number of rotatable bonds is 12. The van der Waals surface area contributed by atoms with Crippen molar-refractivity contribution in [2.75, 3.05) is 19.5 Å². The first kappa shape index (κ1) is 31.4. The van der Waals surface area contributed by atoms with Crippen molar-refractivity contribution in [1.29, 1.82) is 0 Å². The standard InChI is InChI=1S/C34H34N4O6S/c1-23-26(21-35-45(41,42)28-12-8-5-9-13-28)16-19-29-31(23)33(40)44-34(36-29)37-30(20-24-14-17-27(43-3)18-15-24)32(39)38(2)22-25-10-6-4-7-11-25/h4-19,30,35H,20-22H2,1-3H3,(H,36,37)/t30-/m0/s1. The van der Waals surface area contributed by atoms with Gasteiger partial charge >= 0.3 is 5.63 Å². The van der Waals surface area contributed by atoms with Crippen LogP contribution in [0, 0.1) is 6.92 Å².